The van der Waals surface area contributed by atoms with E-state index in [4.69, 9.17) is 9.84 Å². The Hall–Kier alpha value is -2.13. The Balaban J connectivity index is 2.11. The largest absolute Gasteiger partial charge is 0.481 e. The molecule has 9 heteroatoms. The maximum absolute atomic E-state index is 11.8. The fraction of sp³-hybridized carbons (Fsp3) is 0.143. The molecule has 23 heavy (non-hydrogen) atoms. The Labute approximate surface area is 143 Å². The number of carboxylic acids is 1. The first kappa shape index (κ1) is 17.2. The topological polar surface area (TPSA) is 105 Å². The van der Waals surface area contributed by atoms with Crippen LogP contribution in [0.3, 0.4) is 0 Å². The second-order valence-corrected chi connectivity index (χ2v) is 6.27. The highest BCUT2D eigenvalue weighted by Gasteiger charge is 2.22. The standard InChI is InChI=1S/C14H11BrN2O5S/c1-7(18)16-14-17-13(21)11(23-14)5-8-2-3-10(9(15)4-8)22-6-12(19)20/h2-5H,6H2,1H3,(H,19,20)(H,16,17,18,21)/b11-5+. The van der Waals surface area contributed by atoms with E-state index in [1.807, 2.05) is 0 Å². The number of hydrogen-bond acceptors (Lipinski definition) is 5. The van der Waals surface area contributed by atoms with Gasteiger partial charge in [0.15, 0.2) is 11.8 Å². The molecule has 1 aromatic rings. The molecule has 0 aromatic heterocycles. The Morgan fingerprint density at radius 3 is 2.83 bits per heavy atom. The number of amidine groups is 1. The van der Waals surface area contributed by atoms with E-state index in [0.717, 1.165) is 11.8 Å². The van der Waals surface area contributed by atoms with Gasteiger partial charge in [-0.1, -0.05) is 6.07 Å². The predicted octanol–water partition coefficient (Wildman–Crippen LogP) is 2.02. The van der Waals surface area contributed by atoms with Crippen LogP contribution in [0, 0.1) is 0 Å². The monoisotopic (exact) mass is 398 g/mol. The van der Waals surface area contributed by atoms with Crippen molar-refractivity contribution in [3.8, 4) is 5.75 Å². The number of hydrogen-bond donors (Lipinski definition) is 2. The van der Waals surface area contributed by atoms with Crippen molar-refractivity contribution in [2.24, 2.45) is 4.99 Å². The van der Waals surface area contributed by atoms with E-state index in [-0.39, 0.29) is 11.1 Å². The van der Waals surface area contributed by atoms with Crippen LogP contribution in [0.15, 0.2) is 32.6 Å². The molecule has 0 radical (unpaired) electrons. The highest BCUT2D eigenvalue weighted by Crippen LogP contribution is 2.30. The first-order valence-corrected chi connectivity index (χ1v) is 7.90. The molecular formula is C14H11BrN2O5S. The number of amides is 2. The molecule has 0 fully saturated rings. The van der Waals surface area contributed by atoms with Gasteiger partial charge in [-0.15, -0.1) is 0 Å². The molecule has 7 nitrogen and oxygen atoms in total. The minimum Gasteiger partial charge on any atom is -0.481 e. The van der Waals surface area contributed by atoms with Crippen LogP contribution < -0.4 is 10.1 Å². The van der Waals surface area contributed by atoms with Crippen molar-refractivity contribution in [2.75, 3.05) is 6.61 Å². The van der Waals surface area contributed by atoms with Gasteiger partial charge >= 0.3 is 5.97 Å². The number of ether oxygens (including phenoxy) is 1. The third-order valence-corrected chi connectivity index (χ3v) is 4.03. The van der Waals surface area contributed by atoms with Crippen molar-refractivity contribution in [3.05, 3.63) is 33.1 Å². The van der Waals surface area contributed by atoms with E-state index in [1.54, 1.807) is 24.3 Å². The van der Waals surface area contributed by atoms with Gasteiger partial charge in [0.2, 0.25) is 5.91 Å². The van der Waals surface area contributed by atoms with Crippen molar-refractivity contribution in [3.63, 3.8) is 0 Å². The summed E-state index contributed by atoms with van der Waals surface area (Å²) in [6, 6.07) is 4.96. The van der Waals surface area contributed by atoms with Crippen LogP contribution in [0.25, 0.3) is 6.08 Å². The number of carbonyl (C=O) groups excluding carboxylic acids is 2. The summed E-state index contributed by atoms with van der Waals surface area (Å²) < 4.78 is 5.66. The summed E-state index contributed by atoms with van der Waals surface area (Å²) in [5.41, 5.74) is 0.703. The average molecular weight is 399 g/mol. The van der Waals surface area contributed by atoms with Crippen molar-refractivity contribution >= 4 is 56.7 Å². The molecule has 2 N–H and O–H groups in total. The second-order valence-electron chi connectivity index (χ2n) is 4.39. The van der Waals surface area contributed by atoms with Gasteiger partial charge in [0.25, 0.3) is 5.91 Å². The van der Waals surface area contributed by atoms with Crippen LogP contribution in [0.1, 0.15) is 12.5 Å². The molecule has 1 aromatic carbocycles. The number of rotatable bonds is 4. The minimum atomic E-state index is -1.07. The van der Waals surface area contributed by atoms with Crippen molar-refractivity contribution < 1.29 is 24.2 Å². The SMILES string of the molecule is CC(=O)NC1=NC(=O)/C(=C\c2ccc(OCC(=O)O)c(Br)c2)S1. The Morgan fingerprint density at radius 2 is 2.22 bits per heavy atom. The third kappa shape index (κ3) is 4.93. The zero-order chi connectivity index (χ0) is 17.0. The van der Waals surface area contributed by atoms with E-state index < -0.39 is 18.5 Å². The lowest BCUT2D eigenvalue weighted by Gasteiger charge is -2.06. The van der Waals surface area contributed by atoms with Gasteiger partial charge in [0, 0.05) is 6.92 Å². The maximum atomic E-state index is 11.8. The lowest BCUT2D eigenvalue weighted by Crippen LogP contribution is -2.23. The summed E-state index contributed by atoms with van der Waals surface area (Å²) in [7, 11) is 0. The summed E-state index contributed by atoms with van der Waals surface area (Å²) in [6.07, 6.45) is 1.62. The number of thioether (sulfide) groups is 1. The van der Waals surface area contributed by atoms with Crippen LogP contribution in [0.5, 0.6) is 5.75 Å². The van der Waals surface area contributed by atoms with Crippen molar-refractivity contribution in [2.45, 2.75) is 6.92 Å². The van der Waals surface area contributed by atoms with Crippen LogP contribution >= 0.6 is 27.7 Å². The Kier molecular flexibility index (Phi) is 5.56. The Bertz CT molecular complexity index is 745. The maximum Gasteiger partial charge on any atom is 0.341 e. The molecule has 1 aliphatic heterocycles. The number of nitrogens with zero attached hydrogens (tertiary/aromatic N) is 1. The predicted molar refractivity (Wildman–Crippen MR) is 89.1 cm³/mol. The van der Waals surface area contributed by atoms with Crippen LogP contribution in [0.2, 0.25) is 0 Å². The number of aliphatic carboxylic acids is 1. The van der Waals surface area contributed by atoms with Gasteiger partial charge in [-0.25, -0.2) is 4.79 Å². The highest BCUT2D eigenvalue weighted by atomic mass is 79.9. The lowest BCUT2D eigenvalue weighted by atomic mass is 10.2. The number of aliphatic imine (C=N–C) groups is 1. The molecule has 1 aliphatic rings. The molecule has 1 heterocycles. The fourth-order valence-corrected chi connectivity index (χ4v) is 3.00. The highest BCUT2D eigenvalue weighted by molar-refractivity contribution is 9.10. The van der Waals surface area contributed by atoms with Crippen LogP contribution in [0.4, 0.5) is 0 Å². The summed E-state index contributed by atoms with van der Waals surface area (Å²) >= 11 is 4.35. The Morgan fingerprint density at radius 1 is 1.48 bits per heavy atom. The van der Waals surface area contributed by atoms with Crippen molar-refractivity contribution in [1.29, 1.82) is 0 Å². The van der Waals surface area contributed by atoms with E-state index in [9.17, 15) is 14.4 Å². The molecule has 0 bridgehead atoms. The first-order valence-electron chi connectivity index (χ1n) is 6.29. The number of carbonyl (C=O) groups is 3. The lowest BCUT2D eigenvalue weighted by molar-refractivity contribution is -0.139. The molecule has 120 valence electrons. The van der Waals surface area contributed by atoms with Gasteiger partial charge in [-0.2, -0.15) is 4.99 Å². The van der Waals surface area contributed by atoms with E-state index in [2.05, 4.69) is 26.2 Å². The summed E-state index contributed by atoms with van der Waals surface area (Å²) in [5.74, 6) is -1.41. The number of carboxylic acid groups (broad SMARTS) is 1. The molecule has 0 unspecified atom stereocenters. The smallest absolute Gasteiger partial charge is 0.341 e. The number of halogens is 1. The van der Waals surface area contributed by atoms with Gasteiger partial charge in [0.05, 0.1) is 9.38 Å². The van der Waals surface area contributed by atoms with E-state index in [1.165, 1.54) is 6.92 Å². The zero-order valence-electron chi connectivity index (χ0n) is 11.8. The van der Waals surface area contributed by atoms with Crippen LogP contribution in [-0.4, -0.2) is 34.7 Å². The first-order chi connectivity index (χ1) is 10.8. The molecule has 2 amide bonds. The normalized spacial score (nSPS) is 15.5. The second kappa shape index (κ2) is 7.42. The molecule has 0 spiro atoms. The van der Waals surface area contributed by atoms with Gasteiger partial charge in [-0.3, -0.25) is 9.59 Å². The molecule has 2 rings (SSSR count). The molecule has 0 saturated heterocycles. The summed E-state index contributed by atoms with van der Waals surface area (Å²) in [6.45, 7) is 0.892. The van der Waals surface area contributed by atoms with Gasteiger partial charge < -0.3 is 15.2 Å². The molecule has 0 aliphatic carbocycles. The molecular weight excluding hydrogens is 388 g/mol. The third-order valence-electron chi connectivity index (χ3n) is 2.51. The number of nitrogens with one attached hydrogen (secondary N) is 1. The minimum absolute atomic E-state index is 0.245. The van der Waals surface area contributed by atoms with E-state index >= 15 is 0 Å². The summed E-state index contributed by atoms with van der Waals surface area (Å²) in [5, 5.41) is 11.3. The number of benzene rings is 1. The average Bonchev–Trinajstić information content (AvgIpc) is 2.76. The molecule has 0 saturated carbocycles. The van der Waals surface area contributed by atoms with Gasteiger partial charge in [-0.05, 0) is 51.5 Å². The molecule has 0 atom stereocenters. The van der Waals surface area contributed by atoms with Crippen molar-refractivity contribution in [1.82, 2.24) is 5.32 Å². The zero-order valence-corrected chi connectivity index (χ0v) is 14.2. The quantitative estimate of drug-likeness (QED) is 0.751. The van der Waals surface area contributed by atoms with E-state index in [0.29, 0.717) is 20.7 Å². The van der Waals surface area contributed by atoms with Crippen LogP contribution in [-0.2, 0) is 14.4 Å². The van der Waals surface area contributed by atoms with Gasteiger partial charge in [0.1, 0.15) is 5.75 Å². The fourth-order valence-electron chi connectivity index (χ4n) is 1.63. The summed E-state index contributed by atoms with van der Waals surface area (Å²) in [4.78, 5) is 37.3.